The van der Waals surface area contributed by atoms with Crippen molar-refractivity contribution < 1.29 is 72.4 Å². The molecular formula is C22H14F10O6. The molecule has 0 aromatic heterocycles. The first-order valence-corrected chi connectivity index (χ1v) is 10.1. The Kier molecular flexibility index (Phi) is 11.1. The van der Waals surface area contributed by atoms with Crippen LogP contribution in [0.15, 0.2) is 12.2 Å². The first kappa shape index (κ1) is 30.6. The molecule has 2 aromatic rings. The lowest BCUT2D eigenvalue weighted by molar-refractivity contribution is -0.136. The second-order valence-corrected chi connectivity index (χ2v) is 6.87. The van der Waals surface area contributed by atoms with Crippen LogP contribution in [0.2, 0.25) is 0 Å². The molecule has 0 spiro atoms. The molecule has 0 aliphatic rings. The van der Waals surface area contributed by atoms with Gasteiger partial charge in [0.2, 0.25) is 69.7 Å². The summed E-state index contributed by atoms with van der Waals surface area (Å²) < 4.78 is 150. The van der Waals surface area contributed by atoms with E-state index in [0.29, 0.717) is 0 Å². The summed E-state index contributed by atoms with van der Waals surface area (Å²) in [5.74, 6) is -29.4. The Morgan fingerprint density at radius 2 is 0.737 bits per heavy atom. The minimum atomic E-state index is -2.41. The third-order valence-corrected chi connectivity index (χ3v) is 4.27. The van der Waals surface area contributed by atoms with Crippen molar-refractivity contribution in [2.24, 2.45) is 0 Å². The second kappa shape index (κ2) is 13.8. The highest BCUT2D eigenvalue weighted by molar-refractivity contribution is 5.73. The van der Waals surface area contributed by atoms with Crippen molar-refractivity contribution in [3.8, 4) is 11.5 Å². The van der Waals surface area contributed by atoms with Gasteiger partial charge in [-0.15, -0.1) is 0 Å². The predicted octanol–water partition coefficient (Wildman–Crippen LogP) is 4.96. The van der Waals surface area contributed by atoms with Gasteiger partial charge in [-0.1, -0.05) is 12.2 Å². The number of ether oxygens (including phenoxy) is 4. The molecule has 6 nitrogen and oxygen atoms in total. The Morgan fingerprint density at radius 1 is 0.474 bits per heavy atom. The quantitative estimate of drug-likeness (QED) is 0.0691. The standard InChI is InChI=1S/C22H14F10O6/c23-11-13(25)17(29)21(18(30)14(11)26)37-9(33)3-7-35-5-1-2-6-36-8-4-10(34)38-22-19(31)15(27)12(24)16(28)20(22)32/h1-2H,3-8H2/b2-1+. The van der Waals surface area contributed by atoms with E-state index < -0.39 is 94.5 Å². The zero-order valence-electron chi connectivity index (χ0n) is 18.6. The number of rotatable bonds is 12. The number of carbonyl (C=O) groups excluding carboxylic acids is 2. The van der Waals surface area contributed by atoms with Crippen LogP contribution in [0.5, 0.6) is 11.5 Å². The van der Waals surface area contributed by atoms with Gasteiger partial charge in [0.25, 0.3) is 0 Å². The number of carbonyl (C=O) groups is 2. The van der Waals surface area contributed by atoms with Crippen molar-refractivity contribution in [3.63, 3.8) is 0 Å². The lowest BCUT2D eigenvalue weighted by Crippen LogP contribution is -2.15. The summed E-state index contributed by atoms with van der Waals surface area (Å²) in [5.41, 5.74) is 0. The fourth-order valence-electron chi connectivity index (χ4n) is 2.43. The summed E-state index contributed by atoms with van der Waals surface area (Å²) >= 11 is 0. The maximum absolute atomic E-state index is 13.4. The average Bonchev–Trinajstić information content (AvgIpc) is 2.90. The molecule has 16 heteroatoms. The highest BCUT2D eigenvalue weighted by atomic mass is 19.2. The van der Waals surface area contributed by atoms with Crippen molar-refractivity contribution in [2.45, 2.75) is 12.8 Å². The van der Waals surface area contributed by atoms with Gasteiger partial charge in [0.05, 0.1) is 39.3 Å². The summed E-state index contributed by atoms with van der Waals surface area (Å²) in [7, 11) is 0. The van der Waals surface area contributed by atoms with Crippen LogP contribution in [0.1, 0.15) is 12.8 Å². The van der Waals surface area contributed by atoms with Crippen molar-refractivity contribution in [3.05, 3.63) is 70.3 Å². The molecule has 208 valence electrons. The van der Waals surface area contributed by atoms with Crippen LogP contribution in [0.3, 0.4) is 0 Å². The lowest BCUT2D eigenvalue weighted by atomic mass is 10.2. The normalized spacial score (nSPS) is 11.3. The van der Waals surface area contributed by atoms with Crippen LogP contribution < -0.4 is 9.47 Å². The Morgan fingerprint density at radius 3 is 1.03 bits per heavy atom. The predicted molar refractivity (Wildman–Crippen MR) is 104 cm³/mol. The summed E-state index contributed by atoms with van der Waals surface area (Å²) in [6.45, 7) is -1.02. The van der Waals surface area contributed by atoms with Gasteiger partial charge in [-0.05, 0) is 0 Å². The molecular weight excluding hydrogens is 550 g/mol. The SMILES string of the molecule is O=C(CCOC/C=C/COCCC(=O)Oc1c(F)c(F)c(F)c(F)c1F)Oc1c(F)c(F)c(F)c(F)c1F. The molecule has 0 amide bonds. The van der Waals surface area contributed by atoms with Gasteiger partial charge in [-0.2, -0.15) is 17.6 Å². The first-order chi connectivity index (χ1) is 17.9. The minimum Gasteiger partial charge on any atom is -0.420 e. The molecule has 0 radical (unpaired) electrons. The van der Waals surface area contributed by atoms with Crippen molar-refractivity contribution >= 4 is 11.9 Å². The molecule has 0 aliphatic heterocycles. The largest absolute Gasteiger partial charge is 0.420 e. The van der Waals surface area contributed by atoms with E-state index in [0.717, 1.165) is 0 Å². The molecule has 0 saturated heterocycles. The third kappa shape index (κ3) is 7.44. The molecule has 0 unspecified atom stereocenters. The van der Waals surface area contributed by atoms with Gasteiger partial charge >= 0.3 is 11.9 Å². The molecule has 0 heterocycles. The third-order valence-electron chi connectivity index (χ3n) is 4.27. The summed E-state index contributed by atoms with van der Waals surface area (Å²) in [4.78, 5) is 23.1. The van der Waals surface area contributed by atoms with Crippen LogP contribution in [0.25, 0.3) is 0 Å². The fraction of sp³-hybridized carbons (Fsp3) is 0.273. The second-order valence-electron chi connectivity index (χ2n) is 6.87. The van der Waals surface area contributed by atoms with Gasteiger partial charge in [-0.25, -0.2) is 26.3 Å². The van der Waals surface area contributed by atoms with Gasteiger partial charge in [0.1, 0.15) is 0 Å². The number of hydrogen-bond donors (Lipinski definition) is 0. The zero-order valence-corrected chi connectivity index (χ0v) is 18.6. The Labute approximate surface area is 206 Å². The van der Waals surface area contributed by atoms with Crippen LogP contribution in [-0.2, 0) is 19.1 Å². The maximum atomic E-state index is 13.4. The van der Waals surface area contributed by atoms with E-state index in [4.69, 9.17) is 9.47 Å². The van der Waals surface area contributed by atoms with E-state index in [1.54, 1.807) is 0 Å². The Bertz CT molecular complexity index is 1080. The average molecular weight is 564 g/mol. The molecule has 2 rings (SSSR count). The topological polar surface area (TPSA) is 71.1 Å². The number of halogens is 10. The van der Waals surface area contributed by atoms with Gasteiger partial charge < -0.3 is 18.9 Å². The molecule has 38 heavy (non-hydrogen) atoms. The van der Waals surface area contributed by atoms with Crippen molar-refractivity contribution in [1.82, 2.24) is 0 Å². The minimum absolute atomic E-state index is 0.137. The number of esters is 2. The van der Waals surface area contributed by atoms with E-state index in [-0.39, 0.29) is 26.4 Å². The number of hydrogen-bond acceptors (Lipinski definition) is 6. The smallest absolute Gasteiger partial charge is 0.313 e. The molecule has 0 aliphatic carbocycles. The van der Waals surface area contributed by atoms with Crippen LogP contribution in [-0.4, -0.2) is 38.4 Å². The highest BCUT2D eigenvalue weighted by Gasteiger charge is 2.29. The first-order valence-electron chi connectivity index (χ1n) is 10.1. The van der Waals surface area contributed by atoms with E-state index in [2.05, 4.69) is 9.47 Å². The monoisotopic (exact) mass is 564 g/mol. The van der Waals surface area contributed by atoms with Crippen molar-refractivity contribution in [1.29, 1.82) is 0 Å². The van der Waals surface area contributed by atoms with Gasteiger partial charge in [-0.3, -0.25) is 9.59 Å². The summed E-state index contributed by atoms with van der Waals surface area (Å²) in [6.07, 6.45) is 1.47. The van der Waals surface area contributed by atoms with E-state index in [9.17, 15) is 53.5 Å². The lowest BCUT2D eigenvalue weighted by Gasteiger charge is -2.09. The Hall–Kier alpha value is -3.66. The highest BCUT2D eigenvalue weighted by Crippen LogP contribution is 2.30. The molecule has 0 bridgehead atoms. The van der Waals surface area contributed by atoms with E-state index in [1.165, 1.54) is 12.2 Å². The molecule has 0 N–H and O–H groups in total. The van der Waals surface area contributed by atoms with Crippen LogP contribution in [0, 0.1) is 58.2 Å². The van der Waals surface area contributed by atoms with E-state index >= 15 is 0 Å². The summed E-state index contributed by atoms with van der Waals surface area (Å²) in [5, 5.41) is 0. The van der Waals surface area contributed by atoms with Gasteiger partial charge in [0.15, 0.2) is 0 Å². The zero-order chi connectivity index (χ0) is 28.6. The van der Waals surface area contributed by atoms with Crippen molar-refractivity contribution in [2.75, 3.05) is 26.4 Å². The molecule has 2 aromatic carbocycles. The summed E-state index contributed by atoms with van der Waals surface area (Å²) in [6, 6.07) is 0. The molecule has 0 saturated carbocycles. The van der Waals surface area contributed by atoms with Crippen LogP contribution >= 0.6 is 0 Å². The maximum Gasteiger partial charge on any atom is 0.313 e. The van der Waals surface area contributed by atoms with Crippen LogP contribution in [0.4, 0.5) is 43.9 Å². The fourth-order valence-corrected chi connectivity index (χ4v) is 2.43. The number of benzene rings is 2. The van der Waals surface area contributed by atoms with Gasteiger partial charge in [0, 0.05) is 0 Å². The van der Waals surface area contributed by atoms with E-state index in [1.807, 2.05) is 0 Å². The molecule has 0 fully saturated rings. The molecule has 0 atom stereocenters. The Balaban J connectivity index is 1.64.